The lowest BCUT2D eigenvalue weighted by Crippen LogP contribution is -2.47. The second-order valence-electron chi connectivity index (χ2n) is 5.15. The monoisotopic (exact) mass is 219 g/mol. The molecule has 1 unspecified atom stereocenters. The number of hydrogen-bond acceptors (Lipinski definition) is 3. The molecular formula is C13H21N3. The molecule has 1 heterocycles. The van der Waals surface area contributed by atoms with Crippen LogP contribution in [0, 0.1) is 5.41 Å². The largest absolute Gasteiger partial charge is 0.271 e. The van der Waals surface area contributed by atoms with Crippen molar-refractivity contribution < 1.29 is 0 Å². The lowest BCUT2D eigenvalue weighted by atomic mass is 9.78. The zero-order chi connectivity index (χ0) is 11.4. The molecule has 0 radical (unpaired) electrons. The summed E-state index contributed by atoms with van der Waals surface area (Å²) < 4.78 is 0. The molecule has 2 rings (SSSR count). The molecule has 3 N–H and O–H groups in total. The molecule has 1 aliphatic rings. The van der Waals surface area contributed by atoms with E-state index in [4.69, 9.17) is 5.84 Å². The summed E-state index contributed by atoms with van der Waals surface area (Å²) in [6.07, 6.45) is 9.95. The van der Waals surface area contributed by atoms with Crippen molar-refractivity contribution in [1.29, 1.82) is 0 Å². The predicted octanol–water partition coefficient (Wildman–Crippen LogP) is 2.04. The van der Waals surface area contributed by atoms with Gasteiger partial charge in [0.1, 0.15) is 0 Å². The minimum atomic E-state index is 0.352. The van der Waals surface area contributed by atoms with Gasteiger partial charge in [-0.15, -0.1) is 0 Å². The van der Waals surface area contributed by atoms with E-state index in [-0.39, 0.29) is 0 Å². The Balaban J connectivity index is 2.06. The maximum absolute atomic E-state index is 5.72. The highest BCUT2D eigenvalue weighted by Crippen LogP contribution is 2.41. The highest BCUT2D eigenvalue weighted by Gasteiger charge is 2.36. The summed E-state index contributed by atoms with van der Waals surface area (Å²) in [5.41, 5.74) is 4.62. The lowest BCUT2D eigenvalue weighted by molar-refractivity contribution is 0.220. The van der Waals surface area contributed by atoms with Crippen molar-refractivity contribution in [1.82, 2.24) is 10.4 Å². The molecule has 0 saturated heterocycles. The topological polar surface area (TPSA) is 50.9 Å². The number of rotatable bonds is 4. The van der Waals surface area contributed by atoms with Crippen molar-refractivity contribution in [2.75, 3.05) is 0 Å². The van der Waals surface area contributed by atoms with Gasteiger partial charge in [-0.05, 0) is 36.3 Å². The first-order chi connectivity index (χ1) is 7.74. The summed E-state index contributed by atoms with van der Waals surface area (Å²) in [7, 11) is 0. The summed E-state index contributed by atoms with van der Waals surface area (Å²) in [5.74, 6) is 5.72. The molecular weight excluding hydrogens is 198 g/mol. The molecule has 1 aromatic heterocycles. The van der Waals surface area contributed by atoms with Gasteiger partial charge in [-0.3, -0.25) is 16.3 Å². The van der Waals surface area contributed by atoms with Crippen LogP contribution in [0.25, 0.3) is 0 Å². The Morgan fingerprint density at radius 3 is 2.81 bits per heavy atom. The second-order valence-corrected chi connectivity index (χ2v) is 5.15. The smallest absolute Gasteiger partial charge is 0.0305 e. The zero-order valence-corrected chi connectivity index (χ0v) is 9.95. The SMILES string of the molecule is CC1(C(Cc2cccnc2)NN)CCCC1. The average Bonchev–Trinajstić information content (AvgIpc) is 2.75. The molecule has 0 amide bonds. The first-order valence-corrected chi connectivity index (χ1v) is 6.10. The molecule has 0 bridgehead atoms. The van der Waals surface area contributed by atoms with Crippen molar-refractivity contribution in [3.8, 4) is 0 Å². The van der Waals surface area contributed by atoms with Crippen LogP contribution in [0.5, 0.6) is 0 Å². The van der Waals surface area contributed by atoms with Crippen molar-refractivity contribution in [3.63, 3.8) is 0 Å². The normalized spacial score (nSPS) is 20.9. The van der Waals surface area contributed by atoms with E-state index in [0.717, 1.165) is 6.42 Å². The van der Waals surface area contributed by atoms with E-state index in [1.807, 2.05) is 18.5 Å². The van der Waals surface area contributed by atoms with Gasteiger partial charge in [0.05, 0.1) is 0 Å². The molecule has 0 aliphatic heterocycles. The van der Waals surface area contributed by atoms with E-state index in [9.17, 15) is 0 Å². The Morgan fingerprint density at radius 2 is 2.25 bits per heavy atom. The average molecular weight is 219 g/mol. The molecule has 1 saturated carbocycles. The molecule has 0 spiro atoms. The van der Waals surface area contributed by atoms with Gasteiger partial charge in [-0.1, -0.05) is 25.8 Å². The number of nitrogens with one attached hydrogen (secondary N) is 1. The fourth-order valence-corrected chi connectivity index (χ4v) is 2.79. The maximum atomic E-state index is 5.72. The summed E-state index contributed by atoms with van der Waals surface area (Å²) in [6.45, 7) is 2.35. The zero-order valence-electron chi connectivity index (χ0n) is 9.95. The molecule has 88 valence electrons. The third kappa shape index (κ3) is 2.42. The Hall–Kier alpha value is -0.930. The Bertz CT molecular complexity index is 317. The first kappa shape index (κ1) is 11.6. The van der Waals surface area contributed by atoms with Gasteiger partial charge in [-0.25, -0.2) is 0 Å². The molecule has 3 heteroatoms. The van der Waals surface area contributed by atoms with Gasteiger partial charge >= 0.3 is 0 Å². The van der Waals surface area contributed by atoms with Crippen LogP contribution < -0.4 is 11.3 Å². The first-order valence-electron chi connectivity index (χ1n) is 6.10. The van der Waals surface area contributed by atoms with Crippen LogP contribution in [0.3, 0.4) is 0 Å². The molecule has 1 fully saturated rings. The summed E-state index contributed by atoms with van der Waals surface area (Å²) >= 11 is 0. The van der Waals surface area contributed by atoms with Crippen LogP contribution >= 0.6 is 0 Å². The van der Waals surface area contributed by atoms with Crippen LogP contribution in [0.1, 0.15) is 38.2 Å². The predicted molar refractivity (Wildman–Crippen MR) is 65.6 cm³/mol. The van der Waals surface area contributed by atoms with E-state index >= 15 is 0 Å². The van der Waals surface area contributed by atoms with Gasteiger partial charge in [0, 0.05) is 18.4 Å². The standard InChI is InChI=1S/C13H21N3/c1-13(6-2-3-7-13)12(16-14)9-11-5-4-8-15-10-11/h4-5,8,10,12,16H,2-3,6-7,9,14H2,1H3. The molecule has 1 aromatic rings. The number of aromatic nitrogens is 1. The number of hydrazine groups is 1. The van der Waals surface area contributed by atoms with E-state index < -0.39 is 0 Å². The lowest BCUT2D eigenvalue weighted by Gasteiger charge is -2.33. The minimum Gasteiger partial charge on any atom is -0.271 e. The van der Waals surface area contributed by atoms with Crippen LogP contribution in [0.2, 0.25) is 0 Å². The van der Waals surface area contributed by atoms with E-state index in [1.165, 1.54) is 31.2 Å². The fraction of sp³-hybridized carbons (Fsp3) is 0.615. The number of nitrogens with two attached hydrogens (primary N) is 1. The molecule has 1 aliphatic carbocycles. The Kier molecular flexibility index (Phi) is 3.56. The third-order valence-corrected chi connectivity index (χ3v) is 3.95. The summed E-state index contributed by atoms with van der Waals surface area (Å²) in [5, 5.41) is 0. The number of pyridine rings is 1. The third-order valence-electron chi connectivity index (χ3n) is 3.95. The molecule has 1 atom stereocenters. The van der Waals surface area contributed by atoms with Gasteiger partial charge in [0.25, 0.3) is 0 Å². The van der Waals surface area contributed by atoms with Crippen molar-refractivity contribution in [2.45, 2.75) is 45.1 Å². The fourth-order valence-electron chi connectivity index (χ4n) is 2.79. The van der Waals surface area contributed by atoms with Crippen LogP contribution in [-0.2, 0) is 6.42 Å². The van der Waals surface area contributed by atoms with Crippen molar-refractivity contribution >= 4 is 0 Å². The van der Waals surface area contributed by atoms with E-state index in [2.05, 4.69) is 23.4 Å². The molecule has 3 nitrogen and oxygen atoms in total. The Morgan fingerprint density at radius 1 is 1.50 bits per heavy atom. The molecule has 16 heavy (non-hydrogen) atoms. The van der Waals surface area contributed by atoms with Crippen LogP contribution in [0.4, 0.5) is 0 Å². The highest BCUT2D eigenvalue weighted by molar-refractivity contribution is 5.11. The van der Waals surface area contributed by atoms with E-state index in [1.54, 1.807) is 0 Å². The highest BCUT2D eigenvalue weighted by atomic mass is 15.2. The van der Waals surface area contributed by atoms with Crippen LogP contribution in [-0.4, -0.2) is 11.0 Å². The van der Waals surface area contributed by atoms with Gasteiger partial charge in [0.15, 0.2) is 0 Å². The minimum absolute atomic E-state index is 0.352. The summed E-state index contributed by atoms with van der Waals surface area (Å²) in [6, 6.07) is 4.47. The second kappa shape index (κ2) is 4.93. The number of nitrogens with zero attached hydrogens (tertiary/aromatic N) is 1. The quantitative estimate of drug-likeness (QED) is 0.602. The summed E-state index contributed by atoms with van der Waals surface area (Å²) in [4.78, 5) is 4.15. The number of hydrogen-bond donors (Lipinski definition) is 2. The van der Waals surface area contributed by atoms with Crippen molar-refractivity contribution in [3.05, 3.63) is 30.1 Å². The van der Waals surface area contributed by atoms with Gasteiger partial charge in [0.2, 0.25) is 0 Å². The van der Waals surface area contributed by atoms with Gasteiger partial charge in [-0.2, -0.15) is 0 Å². The van der Waals surface area contributed by atoms with E-state index in [0.29, 0.717) is 11.5 Å². The van der Waals surface area contributed by atoms with Gasteiger partial charge < -0.3 is 0 Å². The van der Waals surface area contributed by atoms with Crippen LogP contribution in [0.15, 0.2) is 24.5 Å². The van der Waals surface area contributed by atoms with Crippen molar-refractivity contribution in [2.24, 2.45) is 11.3 Å². The maximum Gasteiger partial charge on any atom is 0.0305 e. The molecule has 0 aromatic carbocycles. The Labute approximate surface area is 97.4 Å².